The zero-order chi connectivity index (χ0) is 15.4. The molecule has 0 bridgehead atoms. The van der Waals surface area contributed by atoms with Gasteiger partial charge in [-0.15, -0.1) is 0 Å². The van der Waals surface area contributed by atoms with Gasteiger partial charge in [0, 0.05) is 15.3 Å². The lowest BCUT2D eigenvalue weighted by Gasteiger charge is -2.07. The van der Waals surface area contributed by atoms with Crippen LogP contribution in [0.3, 0.4) is 0 Å². The lowest BCUT2D eigenvalue weighted by molar-refractivity contribution is -0.135. The summed E-state index contributed by atoms with van der Waals surface area (Å²) >= 11 is 2.17. The number of aromatic hydroxyl groups is 1. The zero-order valence-electron chi connectivity index (χ0n) is 10.7. The average Bonchev–Trinajstić information content (AvgIpc) is 2.44. The molecule has 0 radical (unpaired) electrons. The minimum absolute atomic E-state index is 0.203. The standard InChI is InChI=1S/C14H11IN2O4/c15-10-3-1-2-8(4-10)9-5-11(18)13(16-6-9)14(21)17-7-12(19)20/h1-6,18H,7H2,(H,17,21)(H,19,20). The zero-order valence-corrected chi connectivity index (χ0v) is 12.9. The third kappa shape index (κ3) is 3.91. The van der Waals surface area contributed by atoms with Gasteiger partial charge in [-0.3, -0.25) is 9.59 Å². The van der Waals surface area contributed by atoms with Crippen molar-refractivity contribution in [2.45, 2.75) is 0 Å². The van der Waals surface area contributed by atoms with Crippen molar-refractivity contribution in [1.82, 2.24) is 10.3 Å². The number of rotatable bonds is 4. The van der Waals surface area contributed by atoms with Crippen LogP contribution >= 0.6 is 22.6 Å². The second-order valence-electron chi connectivity index (χ2n) is 4.18. The first-order valence-electron chi connectivity index (χ1n) is 5.92. The van der Waals surface area contributed by atoms with Crippen LogP contribution in [-0.2, 0) is 4.79 Å². The fraction of sp³-hybridized carbons (Fsp3) is 0.0714. The van der Waals surface area contributed by atoms with E-state index in [0.717, 1.165) is 9.13 Å². The number of hydrogen-bond donors (Lipinski definition) is 3. The van der Waals surface area contributed by atoms with E-state index in [2.05, 4.69) is 32.9 Å². The van der Waals surface area contributed by atoms with Gasteiger partial charge in [0.2, 0.25) is 0 Å². The largest absolute Gasteiger partial charge is 0.505 e. The molecule has 1 aromatic heterocycles. The molecule has 0 saturated carbocycles. The van der Waals surface area contributed by atoms with E-state index in [9.17, 15) is 14.7 Å². The molecule has 0 aliphatic carbocycles. The molecule has 0 saturated heterocycles. The molecule has 1 aromatic carbocycles. The van der Waals surface area contributed by atoms with Crippen molar-refractivity contribution in [3.8, 4) is 16.9 Å². The van der Waals surface area contributed by atoms with Gasteiger partial charge in [-0.2, -0.15) is 0 Å². The van der Waals surface area contributed by atoms with E-state index in [4.69, 9.17) is 5.11 Å². The summed E-state index contributed by atoms with van der Waals surface area (Å²) in [7, 11) is 0. The maximum absolute atomic E-state index is 11.7. The van der Waals surface area contributed by atoms with Crippen LogP contribution in [0.2, 0.25) is 0 Å². The molecule has 0 spiro atoms. The lowest BCUT2D eigenvalue weighted by Crippen LogP contribution is -2.29. The van der Waals surface area contributed by atoms with E-state index in [1.54, 1.807) is 0 Å². The topological polar surface area (TPSA) is 99.5 Å². The minimum Gasteiger partial charge on any atom is -0.505 e. The van der Waals surface area contributed by atoms with Crippen molar-refractivity contribution < 1.29 is 19.8 Å². The molecule has 1 heterocycles. The Hall–Kier alpha value is -2.16. The number of amides is 1. The monoisotopic (exact) mass is 398 g/mol. The van der Waals surface area contributed by atoms with E-state index >= 15 is 0 Å². The van der Waals surface area contributed by atoms with Gasteiger partial charge in [0.15, 0.2) is 5.69 Å². The molecule has 21 heavy (non-hydrogen) atoms. The smallest absolute Gasteiger partial charge is 0.322 e. The molecule has 0 fully saturated rings. The van der Waals surface area contributed by atoms with Gasteiger partial charge in [0.25, 0.3) is 5.91 Å². The van der Waals surface area contributed by atoms with Crippen LogP contribution in [-0.4, -0.2) is 33.6 Å². The second kappa shape index (κ2) is 6.53. The Labute approximate surface area is 134 Å². The summed E-state index contributed by atoms with van der Waals surface area (Å²) in [5.74, 6) is -2.20. The third-order valence-corrected chi connectivity index (χ3v) is 3.31. The van der Waals surface area contributed by atoms with Gasteiger partial charge in [0.05, 0.1) is 0 Å². The molecule has 0 unspecified atom stereocenters. The molecule has 108 valence electrons. The van der Waals surface area contributed by atoms with Gasteiger partial charge in [-0.25, -0.2) is 4.98 Å². The SMILES string of the molecule is O=C(O)CNC(=O)c1ncc(-c2cccc(I)c2)cc1O. The molecule has 0 atom stereocenters. The molecular weight excluding hydrogens is 387 g/mol. The summed E-state index contributed by atoms with van der Waals surface area (Å²) in [5.41, 5.74) is 1.33. The fourth-order valence-electron chi connectivity index (χ4n) is 1.69. The number of carboxylic acids is 1. The van der Waals surface area contributed by atoms with Gasteiger partial charge >= 0.3 is 5.97 Å². The van der Waals surface area contributed by atoms with Crippen LogP contribution in [0.1, 0.15) is 10.5 Å². The summed E-state index contributed by atoms with van der Waals surface area (Å²) < 4.78 is 1.04. The Balaban J connectivity index is 2.25. The van der Waals surface area contributed by atoms with E-state index in [1.165, 1.54) is 12.3 Å². The van der Waals surface area contributed by atoms with Crippen LogP contribution in [0.15, 0.2) is 36.5 Å². The highest BCUT2D eigenvalue weighted by Crippen LogP contribution is 2.25. The fourth-order valence-corrected chi connectivity index (χ4v) is 2.24. The third-order valence-electron chi connectivity index (χ3n) is 2.64. The first-order valence-corrected chi connectivity index (χ1v) is 7.00. The van der Waals surface area contributed by atoms with Crippen molar-refractivity contribution in [2.75, 3.05) is 6.54 Å². The molecule has 1 amide bonds. The number of aliphatic carboxylic acids is 1. The van der Waals surface area contributed by atoms with Crippen molar-refractivity contribution in [3.63, 3.8) is 0 Å². The Morgan fingerprint density at radius 2 is 2.00 bits per heavy atom. The second-order valence-corrected chi connectivity index (χ2v) is 5.42. The molecule has 2 rings (SSSR count). The number of pyridine rings is 1. The quantitative estimate of drug-likeness (QED) is 0.683. The van der Waals surface area contributed by atoms with Gasteiger partial charge in [0.1, 0.15) is 12.3 Å². The summed E-state index contributed by atoms with van der Waals surface area (Å²) in [4.78, 5) is 26.0. The number of halogens is 1. The van der Waals surface area contributed by atoms with E-state index in [0.29, 0.717) is 5.56 Å². The molecule has 7 heteroatoms. The van der Waals surface area contributed by atoms with E-state index in [-0.39, 0.29) is 11.4 Å². The van der Waals surface area contributed by atoms with Crippen LogP contribution in [0.5, 0.6) is 5.75 Å². The maximum Gasteiger partial charge on any atom is 0.322 e. The summed E-state index contributed by atoms with van der Waals surface area (Å²) in [5, 5.41) is 20.5. The molecule has 2 aromatic rings. The normalized spacial score (nSPS) is 10.1. The molecule has 0 aliphatic rings. The Bertz CT molecular complexity index is 703. The molecular formula is C14H11IN2O4. The van der Waals surface area contributed by atoms with Gasteiger partial charge in [-0.1, -0.05) is 12.1 Å². The van der Waals surface area contributed by atoms with Crippen molar-refractivity contribution in [1.29, 1.82) is 0 Å². The molecule has 0 aliphatic heterocycles. The number of carbonyl (C=O) groups excluding carboxylic acids is 1. The van der Waals surface area contributed by atoms with Gasteiger partial charge < -0.3 is 15.5 Å². The van der Waals surface area contributed by atoms with Gasteiger partial charge in [-0.05, 0) is 46.4 Å². The van der Waals surface area contributed by atoms with Crippen LogP contribution < -0.4 is 5.32 Å². The highest BCUT2D eigenvalue weighted by Gasteiger charge is 2.14. The first-order chi connectivity index (χ1) is 9.97. The Morgan fingerprint density at radius 1 is 1.24 bits per heavy atom. The van der Waals surface area contributed by atoms with Crippen LogP contribution in [0.25, 0.3) is 11.1 Å². The van der Waals surface area contributed by atoms with E-state index < -0.39 is 18.4 Å². The number of carboxylic acid groups (broad SMARTS) is 1. The lowest BCUT2D eigenvalue weighted by atomic mass is 10.1. The summed E-state index contributed by atoms with van der Waals surface area (Å²) in [6.07, 6.45) is 1.46. The maximum atomic E-state index is 11.7. The average molecular weight is 398 g/mol. The van der Waals surface area contributed by atoms with E-state index in [1.807, 2.05) is 24.3 Å². The van der Waals surface area contributed by atoms with Crippen molar-refractivity contribution in [2.24, 2.45) is 0 Å². The van der Waals surface area contributed by atoms with Crippen molar-refractivity contribution >= 4 is 34.5 Å². The number of nitrogens with one attached hydrogen (secondary N) is 1. The molecule has 6 nitrogen and oxygen atoms in total. The predicted molar refractivity (Wildman–Crippen MR) is 84.0 cm³/mol. The number of carbonyl (C=O) groups is 2. The first kappa shape index (κ1) is 15.2. The predicted octanol–water partition coefficient (Wildman–Crippen LogP) is 1.87. The summed E-state index contributed by atoms with van der Waals surface area (Å²) in [6.45, 7) is -0.529. The molecule has 3 N–H and O–H groups in total. The number of aromatic nitrogens is 1. The van der Waals surface area contributed by atoms with Crippen molar-refractivity contribution in [3.05, 3.63) is 45.8 Å². The van der Waals surface area contributed by atoms with Crippen LogP contribution in [0, 0.1) is 3.57 Å². The minimum atomic E-state index is -1.17. The number of nitrogens with zero attached hydrogens (tertiary/aromatic N) is 1. The van der Waals surface area contributed by atoms with Crippen LogP contribution in [0.4, 0.5) is 0 Å². The Morgan fingerprint density at radius 3 is 2.62 bits per heavy atom. The highest BCUT2D eigenvalue weighted by molar-refractivity contribution is 14.1. The Kier molecular flexibility index (Phi) is 4.73. The highest BCUT2D eigenvalue weighted by atomic mass is 127. The number of benzene rings is 1. The number of hydrogen-bond acceptors (Lipinski definition) is 4. The summed E-state index contributed by atoms with van der Waals surface area (Å²) in [6, 6.07) is 9.02.